The van der Waals surface area contributed by atoms with Crippen molar-refractivity contribution in [2.75, 3.05) is 0 Å². The van der Waals surface area contributed by atoms with Crippen LogP contribution < -0.4 is 5.32 Å². The summed E-state index contributed by atoms with van der Waals surface area (Å²) < 4.78 is 0. The Bertz CT molecular complexity index is 423. The van der Waals surface area contributed by atoms with Gasteiger partial charge < -0.3 is 5.11 Å². The van der Waals surface area contributed by atoms with E-state index in [2.05, 4.69) is 5.32 Å². The monoisotopic (exact) mass is 261 g/mol. The van der Waals surface area contributed by atoms with Gasteiger partial charge >= 0.3 is 5.97 Å². The van der Waals surface area contributed by atoms with Crippen LogP contribution in [0.2, 0.25) is 0 Å². The molecule has 0 aliphatic heterocycles. The average Bonchev–Trinajstić information content (AvgIpc) is 2.65. The molecule has 104 valence electrons. The minimum atomic E-state index is -0.779. The summed E-state index contributed by atoms with van der Waals surface area (Å²) in [5.74, 6) is -0.779. The van der Waals surface area contributed by atoms with Crippen molar-refractivity contribution in [1.29, 1.82) is 0 Å². The Morgan fingerprint density at radius 2 is 1.84 bits per heavy atom. The number of benzene rings is 1. The molecule has 1 aromatic carbocycles. The minimum absolute atomic E-state index is 0.336. The van der Waals surface area contributed by atoms with Gasteiger partial charge in [-0.05, 0) is 30.9 Å². The van der Waals surface area contributed by atoms with Gasteiger partial charge in [0.25, 0.3) is 0 Å². The van der Waals surface area contributed by atoms with Crippen LogP contribution in [0.5, 0.6) is 0 Å². The van der Waals surface area contributed by atoms with E-state index < -0.39 is 12.0 Å². The molecule has 0 heterocycles. The van der Waals surface area contributed by atoms with Gasteiger partial charge in [-0.25, -0.2) is 0 Å². The topological polar surface area (TPSA) is 49.3 Å². The lowest BCUT2D eigenvalue weighted by molar-refractivity contribution is -0.140. The Kier molecular flexibility index (Phi) is 4.97. The maximum atomic E-state index is 11.5. The van der Waals surface area contributed by atoms with Gasteiger partial charge in [0.2, 0.25) is 0 Å². The predicted octanol–water partition coefficient (Wildman–Crippen LogP) is 3.43. The summed E-state index contributed by atoms with van der Waals surface area (Å²) >= 11 is 0. The number of nitrogens with one attached hydrogen (secondary N) is 1. The fraction of sp³-hybridized carbons (Fsp3) is 0.562. The molecule has 3 nitrogen and oxygen atoms in total. The predicted molar refractivity (Wildman–Crippen MR) is 76.2 cm³/mol. The number of carbonyl (C=O) groups is 1. The lowest BCUT2D eigenvalue weighted by Gasteiger charge is -2.23. The van der Waals surface area contributed by atoms with E-state index in [9.17, 15) is 9.90 Å². The number of carboxylic acid groups (broad SMARTS) is 1. The van der Waals surface area contributed by atoms with Crippen LogP contribution in [0.1, 0.15) is 55.7 Å². The first-order valence-electron chi connectivity index (χ1n) is 7.23. The number of hydrogen-bond acceptors (Lipinski definition) is 2. The number of carboxylic acids is 1. The molecule has 1 saturated carbocycles. The summed E-state index contributed by atoms with van der Waals surface area (Å²) in [7, 11) is 0. The van der Waals surface area contributed by atoms with Gasteiger partial charge in [-0.2, -0.15) is 0 Å². The van der Waals surface area contributed by atoms with Crippen molar-refractivity contribution in [3.63, 3.8) is 0 Å². The number of rotatable bonds is 4. The van der Waals surface area contributed by atoms with E-state index in [-0.39, 0.29) is 0 Å². The highest BCUT2D eigenvalue weighted by atomic mass is 16.4. The third-order valence-corrected chi connectivity index (χ3v) is 4.00. The first kappa shape index (κ1) is 14.1. The van der Waals surface area contributed by atoms with Crippen molar-refractivity contribution in [2.45, 2.75) is 57.5 Å². The first-order valence-corrected chi connectivity index (χ1v) is 7.23. The molecule has 3 heteroatoms. The highest BCUT2D eigenvalue weighted by molar-refractivity contribution is 5.76. The number of aliphatic carboxylic acids is 1. The van der Waals surface area contributed by atoms with Crippen LogP contribution in [0.4, 0.5) is 0 Å². The fourth-order valence-electron chi connectivity index (χ4n) is 2.89. The smallest absolute Gasteiger partial charge is 0.325 e. The van der Waals surface area contributed by atoms with Gasteiger partial charge in [0.1, 0.15) is 6.04 Å². The van der Waals surface area contributed by atoms with Gasteiger partial charge in [0.15, 0.2) is 0 Å². The van der Waals surface area contributed by atoms with Crippen molar-refractivity contribution in [3.05, 3.63) is 35.4 Å². The maximum absolute atomic E-state index is 11.5. The average molecular weight is 261 g/mol. The molecule has 0 aromatic heterocycles. The van der Waals surface area contributed by atoms with Crippen LogP contribution >= 0.6 is 0 Å². The second kappa shape index (κ2) is 6.71. The van der Waals surface area contributed by atoms with Crippen molar-refractivity contribution < 1.29 is 9.90 Å². The molecule has 1 aromatic rings. The quantitative estimate of drug-likeness (QED) is 0.816. The molecule has 1 unspecified atom stereocenters. The van der Waals surface area contributed by atoms with E-state index in [1.165, 1.54) is 25.7 Å². The van der Waals surface area contributed by atoms with Crippen molar-refractivity contribution >= 4 is 5.97 Å². The zero-order valence-electron chi connectivity index (χ0n) is 11.6. The summed E-state index contributed by atoms with van der Waals surface area (Å²) in [4.78, 5) is 11.5. The first-order chi connectivity index (χ1) is 9.18. The molecular weight excluding hydrogens is 238 g/mol. The highest BCUT2D eigenvalue weighted by Gasteiger charge is 2.24. The lowest BCUT2D eigenvalue weighted by atomic mass is 9.99. The normalized spacial score (nSPS) is 18.8. The van der Waals surface area contributed by atoms with Crippen molar-refractivity contribution in [3.8, 4) is 0 Å². The molecule has 0 radical (unpaired) electrons. The molecule has 1 aliphatic carbocycles. The zero-order valence-corrected chi connectivity index (χ0v) is 11.6. The Hall–Kier alpha value is -1.35. The van der Waals surface area contributed by atoms with Crippen LogP contribution in [0, 0.1) is 6.92 Å². The minimum Gasteiger partial charge on any atom is -0.480 e. The van der Waals surface area contributed by atoms with E-state index in [1.54, 1.807) is 0 Å². The molecule has 2 N–H and O–H groups in total. The zero-order chi connectivity index (χ0) is 13.7. The Morgan fingerprint density at radius 1 is 1.21 bits per heavy atom. The Balaban J connectivity index is 2.12. The van der Waals surface area contributed by atoms with Crippen molar-refractivity contribution in [2.24, 2.45) is 0 Å². The third kappa shape index (κ3) is 3.80. The highest BCUT2D eigenvalue weighted by Crippen LogP contribution is 2.23. The van der Waals surface area contributed by atoms with Gasteiger partial charge in [-0.15, -0.1) is 0 Å². The lowest BCUT2D eigenvalue weighted by Crippen LogP contribution is -2.37. The van der Waals surface area contributed by atoms with E-state index in [0.29, 0.717) is 6.04 Å². The van der Waals surface area contributed by atoms with E-state index >= 15 is 0 Å². The Labute approximate surface area is 115 Å². The number of aryl methyl sites for hydroxylation is 1. The van der Waals surface area contributed by atoms with Gasteiger partial charge in [-0.3, -0.25) is 10.1 Å². The van der Waals surface area contributed by atoms with Gasteiger partial charge in [-0.1, -0.05) is 49.9 Å². The van der Waals surface area contributed by atoms with E-state index in [1.807, 2.05) is 31.2 Å². The number of hydrogen-bond donors (Lipinski definition) is 2. The third-order valence-electron chi connectivity index (χ3n) is 4.00. The summed E-state index contributed by atoms with van der Waals surface area (Å²) in [6.45, 7) is 1.97. The summed E-state index contributed by atoms with van der Waals surface area (Å²) in [6.07, 6.45) is 7.15. The second-order valence-electron chi connectivity index (χ2n) is 5.48. The molecule has 2 rings (SSSR count). The summed E-state index contributed by atoms with van der Waals surface area (Å²) in [6, 6.07) is 7.50. The van der Waals surface area contributed by atoms with E-state index in [4.69, 9.17) is 0 Å². The molecule has 0 spiro atoms. The summed E-state index contributed by atoms with van der Waals surface area (Å²) in [5.41, 5.74) is 1.93. The van der Waals surface area contributed by atoms with Gasteiger partial charge in [0.05, 0.1) is 0 Å². The van der Waals surface area contributed by atoms with Crippen molar-refractivity contribution in [1.82, 2.24) is 5.32 Å². The fourth-order valence-corrected chi connectivity index (χ4v) is 2.89. The molecule has 1 aliphatic rings. The molecule has 0 bridgehead atoms. The SMILES string of the molecule is Cc1ccccc1C(NC1CCCCCC1)C(=O)O. The standard InChI is InChI=1S/C16H23NO2/c1-12-8-6-7-11-14(12)15(16(18)19)17-13-9-4-2-3-5-10-13/h6-8,11,13,15,17H,2-5,9-10H2,1H3,(H,18,19). The summed E-state index contributed by atoms with van der Waals surface area (Å²) in [5, 5.41) is 12.8. The van der Waals surface area contributed by atoms with Crippen LogP contribution in [-0.4, -0.2) is 17.1 Å². The van der Waals surface area contributed by atoms with Crippen LogP contribution in [0.3, 0.4) is 0 Å². The molecule has 19 heavy (non-hydrogen) atoms. The second-order valence-corrected chi connectivity index (χ2v) is 5.48. The van der Waals surface area contributed by atoms with Crippen LogP contribution in [-0.2, 0) is 4.79 Å². The molecular formula is C16H23NO2. The molecule has 1 fully saturated rings. The maximum Gasteiger partial charge on any atom is 0.325 e. The molecule has 0 amide bonds. The van der Waals surface area contributed by atoms with Gasteiger partial charge in [0, 0.05) is 6.04 Å². The van der Waals surface area contributed by atoms with Crippen LogP contribution in [0.25, 0.3) is 0 Å². The molecule has 0 saturated heterocycles. The van der Waals surface area contributed by atoms with E-state index in [0.717, 1.165) is 24.0 Å². The largest absolute Gasteiger partial charge is 0.480 e. The Morgan fingerprint density at radius 3 is 2.42 bits per heavy atom. The molecule has 1 atom stereocenters. The van der Waals surface area contributed by atoms with Crippen LogP contribution in [0.15, 0.2) is 24.3 Å².